The third-order valence-electron chi connectivity index (χ3n) is 3.28. The van der Waals surface area contributed by atoms with Gasteiger partial charge in [0.1, 0.15) is 5.82 Å². The normalized spacial score (nSPS) is 10.6. The maximum atomic E-state index is 12.8. The molecule has 0 unspecified atom stereocenters. The molecule has 1 heterocycles. The van der Waals surface area contributed by atoms with Crippen molar-refractivity contribution in [1.29, 1.82) is 0 Å². The van der Waals surface area contributed by atoms with Gasteiger partial charge in [0.25, 0.3) is 0 Å². The molecule has 1 aromatic carbocycles. The van der Waals surface area contributed by atoms with Gasteiger partial charge in [-0.3, -0.25) is 4.98 Å². The fraction of sp³-hybridized carbons (Fsp3) is 0.353. The highest BCUT2D eigenvalue weighted by molar-refractivity contribution is 5.58. The number of nitrogens with zero attached hydrogens (tertiary/aromatic N) is 1. The number of hydrogen-bond acceptors (Lipinski definition) is 1. The SMILES string of the molecule is CCCCCCc1ccc(-c2ccc(F)cc2)nc1. The van der Waals surface area contributed by atoms with Gasteiger partial charge >= 0.3 is 0 Å². The first-order chi connectivity index (χ1) is 9.29. The summed E-state index contributed by atoms with van der Waals surface area (Å²) >= 11 is 0. The molecule has 2 heteroatoms. The molecule has 0 N–H and O–H groups in total. The van der Waals surface area contributed by atoms with E-state index in [0.717, 1.165) is 17.7 Å². The number of aryl methyl sites for hydroxylation is 1. The van der Waals surface area contributed by atoms with Crippen molar-refractivity contribution in [3.8, 4) is 11.3 Å². The van der Waals surface area contributed by atoms with Gasteiger partial charge in [0.05, 0.1) is 5.69 Å². The van der Waals surface area contributed by atoms with Crippen molar-refractivity contribution in [2.75, 3.05) is 0 Å². The first-order valence-corrected chi connectivity index (χ1v) is 7.00. The zero-order chi connectivity index (χ0) is 13.5. The topological polar surface area (TPSA) is 12.9 Å². The molecule has 1 aromatic heterocycles. The molecule has 0 bridgehead atoms. The number of rotatable bonds is 6. The predicted molar refractivity (Wildman–Crippen MR) is 77.5 cm³/mol. The zero-order valence-corrected chi connectivity index (χ0v) is 11.4. The fourth-order valence-corrected chi connectivity index (χ4v) is 2.12. The van der Waals surface area contributed by atoms with Gasteiger partial charge in [-0.15, -0.1) is 0 Å². The van der Waals surface area contributed by atoms with Crippen molar-refractivity contribution < 1.29 is 4.39 Å². The third kappa shape index (κ3) is 4.16. The summed E-state index contributed by atoms with van der Waals surface area (Å²) in [4.78, 5) is 4.46. The molecule has 0 fully saturated rings. The van der Waals surface area contributed by atoms with E-state index in [1.54, 1.807) is 12.1 Å². The van der Waals surface area contributed by atoms with Gasteiger partial charge in [-0.25, -0.2) is 4.39 Å². The highest BCUT2D eigenvalue weighted by Crippen LogP contribution is 2.18. The quantitative estimate of drug-likeness (QED) is 0.663. The second-order valence-electron chi connectivity index (χ2n) is 4.87. The molecule has 0 saturated heterocycles. The van der Waals surface area contributed by atoms with Crippen LogP contribution in [0.15, 0.2) is 42.6 Å². The van der Waals surface area contributed by atoms with Crippen molar-refractivity contribution in [1.82, 2.24) is 4.98 Å². The summed E-state index contributed by atoms with van der Waals surface area (Å²) in [6.45, 7) is 2.22. The molecule has 0 radical (unpaired) electrons. The maximum absolute atomic E-state index is 12.8. The van der Waals surface area contributed by atoms with Crippen molar-refractivity contribution in [3.63, 3.8) is 0 Å². The van der Waals surface area contributed by atoms with Gasteiger partial charge < -0.3 is 0 Å². The number of pyridine rings is 1. The minimum Gasteiger partial charge on any atom is -0.256 e. The summed E-state index contributed by atoms with van der Waals surface area (Å²) in [5.41, 5.74) is 3.14. The summed E-state index contributed by atoms with van der Waals surface area (Å²) in [5.74, 6) is -0.212. The minimum atomic E-state index is -0.212. The Morgan fingerprint density at radius 1 is 0.947 bits per heavy atom. The van der Waals surface area contributed by atoms with Crippen LogP contribution in [0.5, 0.6) is 0 Å². The van der Waals surface area contributed by atoms with E-state index in [0.29, 0.717) is 0 Å². The van der Waals surface area contributed by atoms with Crippen LogP contribution in [0.3, 0.4) is 0 Å². The van der Waals surface area contributed by atoms with E-state index >= 15 is 0 Å². The molecular formula is C17H20FN. The van der Waals surface area contributed by atoms with Crippen LogP contribution < -0.4 is 0 Å². The average molecular weight is 257 g/mol. The Morgan fingerprint density at radius 2 is 1.74 bits per heavy atom. The van der Waals surface area contributed by atoms with E-state index in [1.165, 1.54) is 43.4 Å². The zero-order valence-electron chi connectivity index (χ0n) is 11.4. The van der Waals surface area contributed by atoms with Crippen molar-refractivity contribution in [2.45, 2.75) is 39.0 Å². The van der Waals surface area contributed by atoms with Crippen LogP contribution in [-0.4, -0.2) is 4.98 Å². The van der Waals surface area contributed by atoms with Gasteiger partial charge in [-0.1, -0.05) is 32.3 Å². The van der Waals surface area contributed by atoms with Gasteiger partial charge in [0.2, 0.25) is 0 Å². The number of halogens is 1. The molecule has 0 aliphatic rings. The smallest absolute Gasteiger partial charge is 0.123 e. The second kappa shape index (κ2) is 7.03. The lowest BCUT2D eigenvalue weighted by Crippen LogP contribution is -1.89. The van der Waals surface area contributed by atoms with Crippen LogP contribution in [0.1, 0.15) is 38.2 Å². The van der Waals surface area contributed by atoms with Gasteiger partial charge in [0.15, 0.2) is 0 Å². The summed E-state index contributed by atoms with van der Waals surface area (Å²) < 4.78 is 12.8. The first-order valence-electron chi connectivity index (χ1n) is 7.00. The Labute approximate surface area is 114 Å². The molecule has 100 valence electrons. The molecule has 0 amide bonds. The van der Waals surface area contributed by atoms with Crippen molar-refractivity contribution in [3.05, 3.63) is 54.0 Å². The van der Waals surface area contributed by atoms with Crippen LogP contribution in [0, 0.1) is 5.82 Å². The maximum Gasteiger partial charge on any atom is 0.123 e. The highest BCUT2D eigenvalue weighted by atomic mass is 19.1. The first kappa shape index (κ1) is 13.7. The van der Waals surface area contributed by atoms with Crippen molar-refractivity contribution >= 4 is 0 Å². The Hall–Kier alpha value is -1.70. The number of hydrogen-bond donors (Lipinski definition) is 0. The molecule has 0 saturated carbocycles. The molecule has 0 spiro atoms. The summed E-state index contributed by atoms with van der Waals surface area (Å²) in [5, 5.41) is 0. The van der Waals surface area contributed by atoms with Gasteiger partial charge in [0, 0.05) is 11.8 Å². The van der Waals surface area contributed by atoms with E-state index < -0.39 is 0 Å². The molecule has 19 heavy (non-hydrogen) atoms. The molecule has 0 atom stereocenters. The van der Waals surface area contributed by atoms with Crippen molar-refractivity contribution in [2.24, 2.45) is 0 Å². The van der Waals surface area contributed by atoms with Gasteiger partial charge in [-0.05, 0) is 48.7 Å². The number of unbranched alkanes of at least 4 members (excludes halogenated alkanes) is 3. The summed E-state index contributed by atoms with van der Waals surface area (Å²) in [6.07, 6.45) is 8.12. The monoisotopic (exact) mass is 257 g/mol. The predicted octanol–water partition coefficient (Wildman–Crippen LogP) is 5.01. The molecule has 0 aliphatic carbocycles. The fourth-order valence-electron chi connectivity index (χ4n) is 2.12. The lowest BCUT2D eigenvalue weighted by atomic mass is 10.1. The molecular weight excluding hydrogens is 237 g/mol. The van der Waals surface area contributed by atoms with E-state index in [9.17, 15) is 4.39 Å². The van der Waals surface area contributed by atoms with E-state index in [4.69, 9.17) is 0 Å². The van der Waals surface area contributed by atoms with Crippen LogP contribution in [0.4, 0.5) is 4.39 Å². The van der Waals surface area contributed by atoms with Crippen LogP contribution in [0.2, 0.25) is 0 Å². The van der Waals surface area contributed by atoms with Gasteiger partial charge in [-0.2, -0.15) is 0 Å². The molecule has 0 aliphatic heterocycles. The van der Waals surface area contributed by atoms with E-state index in [2.05, 4.69) is 18.0 Å². The number of benzene rings is 1. The lowest BCUT2D eigenvalue weighted by Gasteiger charge is -2.04. The van der Waals surface area contributed by atoms with E-state index in [-0.39, 0.29) is 5.82 Å². The largest absolute Gasteiger partial charge is 0.256 e. The number of aromatic nitrogens is 1. The van der Waals surface area contributed by atoms with Crippen LogP contribution >= 0.6 is 0 Å². The van der Waals surface area contributed by atoms with E-state index in [1.807, 2.05) is 12.3 Å². The van der Waals surface area contributed by atoms with Crippen LogP contribution in [0.25, 0.3) is 11.3 Å². The average Bonchev–Trinajstić information content (AvgIpc) is 2.45. The Balaban J connectivity index is 1.96. The lowest BCUT2D eigenvalue weighted by molar-refractivity contribution is 0.628. The second-order valence-corrected chi connectivity index (χ2v) is 4.87. The van der Waals surface area contributed by atoms with Crippen LogP contribution in [-0.2, 0) is 6.42 Å². The molecule has 2 rings (SSSR count). The highest BCUT2D eigenvalue weighted by Gasteiger charge is 2.00. The Morgan fingerprint density at radius 3 is 2.37 bits per heavy atom. The summed E-state index contributed by atoms with van der Waals surface area (Å²) in [7, 11) is 0. The minimum absolute atomic E-state index is 0.212. The molecule has 1 nitrogen and oxygen atoms in total. The Kier molecular flexibility index (Phi) is 5.08. The molecule has 2 aromatic rings. The standard InChI is InChI=1S/C17H20FN/c1-2-3-4-5-6-14-7-12-17(19-13-14)15-8-10-16(18)11-9-15/h7-13H,2-6H2,1H3. The third-order valence-corrected chi connectivity index (χ3v) is 3.28. The summed E-state index contributed by atoms with van der Waals surface area (Å²) in [6, 6.07) is 10.6. The Bertz CT molecular complexity index is 488.